The summed E-state index contributed by atoms with van der Waals surface area (Å²) in [6, 6.07) is -0.379. The lowest BCUT2D eigenvalue weighted by Gasteiger charge is -2.47. The van der Waals surface area contributed by atoms with Crippen LogP contribution < -0.4 is 5.73 Å². The summed E-state index contributed by atoms with van der Waals surface area (Å²) < 4.78 is 18.4. The van der Waals surface area contributed by atoms with E-state index in [9.17, 15) is 23.9 Å². The molecule has 0 saturated carbocycles. The van der Waals surface area contributed by atoms with Crippen LogP contribution in [0.25, 0.3) is 0 Å². The lowest BCUT2D eigenvalue weighted by Crippen LogP contribution is -2.53. The molecule has 3 rings (SSSR count). The first kappa shape index (κ1) is 22.0. The van der Waals surface area contributed by atoms with Crippen LogP contribution in [-0.4, -0.2) is 70.5 Å². The second-order valence-corrected chi connectivity index (χ2v) is 7.97. The van der Waals surface area contributed by atoms with Crippen molar-refractivity contribution in [3.8, 4) is 0 Å². The zero-order valence-electron chi connectivity index (χ0n) is 17.0. The van der Waals surface area contributed by atoms with Crippen molar-refractivity contribution < 1.29 is 28.6 Å². The van der Waals surface area contributed by atoms with Crippen molar-refractivity contribution in [2.45, 2.75) is 50.8 Å². The molecule has 3 N–H and O–H groups in total. The number of carboxylic acids is 1. The van der Waals surface area contributed by atoms with E-state index in [0.717, 1.165) is 24.5 Å². The SMILES string of the molecule is C[C@H]1CC/C(=C\N2CCC(OC(=O)CN)CC2)C2C(/C=C/F)C(=O)C(C(=O)O)=CN21. The van der Waals surface area contributed by atoms with Gasteiger partial charge in [0.1, 0.15) is 11.7 Å². The molecule has 3 aliphatic heterocycles. The van der Waals surface area contributed by atoms with Crippen LogP contribution in [0.4, 0.5) is 4.39 Å². The first-order valence-corrected chi connectivity index (χ1v) is 10.2. The molecule has 2 saturated heterocycles. The summed E-state index contributed by atoms with van der Waals surface area (Å²) in [5.74, 6) is -3.17. The Labute approximate surface area is 174 Å². The number of hydrogen-bond acceptors (Lipinski definition) is 7. The largest absolute Gasteiger partial charge is 0.478 e. The van der Waals surface area contributed by atoms with Gasteiger partial charge < -0.3 is 25.4 Å². The zero-order valence-corrected chi connectivity index (χ0v) is 17.0. The van der Waals surface area contributed by atoms with Gasteiger partial charge in [-0.2, -0.15) is 0 Å². The summed E-state index contributed by atoms with van der Waals surface area (Å²) in [6.45, 7) is 3.20. The molecule has 0 aliphatic carbocycles. The molecular weight excluding hydrogens is 393 g/mol. The summed E-state index contributed by atoms with van der Waals surface area (Å²) in [5, 5.41) is 9.40. The topological polar surface area (TPSA) is 113 Å². The number of carboxylic acid groups (broad SMARTS) is 1. The zero-order chi connectivity index (χ0) is 21.8. The van der Waals surface area contributed by atoms with Crippen LogP contribution in [0.5, 0.6) is 0 Å². The number of ketones is 1. The quantitative estimate of drug-likeness (QED) is 0.505. The summed E-state index contributed by atoms with van der Waals surface area (Å²) in [6.07, 6.45) is 7.64. The minimum Gasteiger partial charge on any atom is -0.478 e. The molecule has 0 aromatic rings. The van der Waals surface area contributed by atoms with Gasteiger partial charge in [0.2, 0.25) is 0 Å². The van der Waals surface area contributed by atoms with Crippen LogP contribution >= 0.6 is 0 Å². The second-order valence-electron chi connectivity index (χ2n) is 7.97. The van der Waals surface area contributed by atoms with Crippen molar-refractivity contribution in [3.05, 3.63) is 36.0 Å². The highest BCUT2D eigenvalue weighted by Crippen LogP contribution is 2.38. The monoisotopic (exact) mass is 421 g/mol. The van der Waals surface area contributed by atoms with E-state index in [-0.39, 0.29) is 24.3 Å². The summed E-state index contributed by atoms with van der Waals surface area (Å²) in [5.41, 5.74) is 5.95. The average molecular weight is 421 g/mol. The number of nitrogens with zero attached hydrogens (tertiary/aromatic N) is 2. The van der Waals surface area contributed by atoms with Crippen LogP contribution in [0.1, 0.15) is 32.6 Å². The van der Waals surface area contributed by atoms with E-state index < -0.39 is 29.7 Å². The van der Waals surface area contributed by atoms with E-state index in [1.165, 1.54) is 6.20 Å². The Kier molecular flexibility index (Phi) is 6.91. The van der Waals surface area contributed by atoms with Crippen molar-refractivity contribution >= 4 is 17.7 Å². The number of aliphatic carboxylic acids is 1. The predicted molar refractivity (Wildman–Crippen MR) is 107 cm³/mol. The number of Topliss-reactive ketones (excluding diaryl/α,β-unsaturated/α-hetero) is 1. The predicted octanol–water partition coefficient (Wildman–Crippen LogP) is 1.34. The normalized spacial score (nSPS) is 29.2. The maximum atomic E-state index is 13.1. The number of carbonyl (C=O) groups excluding carboxylic acids is 2. The molecule has 0 spiro atoms. The first-order chi connectivity index (χ1) is 14.3. The molecule has 9 heteroatoms. The van der Waals surface area contributed by atoms with E-state index in [4.69, 9.17) is 10.5 Å². The third-order valence-corrected chi connectivity index (χ3v) is 6.05. The number of esters is 1. The number of ether oxygens (including phenoxy) is 1. The molecule has 3 atom stereocenters. The molecule has 2 unspecified atom stereocenters. The Morgan fingerprint density at radius 2 is 2.03 bits per heavy atom. The molecule has 164 valence electrons. The maximum Gasteiger partial charge on any atom is 0.340 e. The molecule has 3 heterocycles. The summed E-state index contributed by atoms with van der Waals surface area (Å²) in [7, 11) is 0. The Hall–Kier alpha value is -2.68. The highest BCUT2D eigenvalue weighted by atomic mass is 19.1. The van der Waals surface area contributed by atoms with Crippen LogP contribution in [0.3, 0.4) is 0 Å². The van der Waals surface area contributed by atoms with Gasteiger partial charge in [-0.25, -0.2) is 9.18 Å². The molecule has 0 amide bonds. The molecule has 0 radical (unpaired) electrons. The molecule has 8 nitrogen and oxygen atoms in total. The lowest BCUT2D eigenvalue weighted by molar-refractivity contribution is -0.149. The van der Waals surface area contributed by atoms with Crippen molar-refractivity contribution in [3.63, 3.8) is 0 Å². The fraction of sp³-hybridized carbons (Fsp3) is 0.571. The van der Waals surface area contributed by atoms with Crippen molar-refractivity contribution in [2.24, 2.45) is 11.7 Å². The molecular formula is C21H28FN3O5. The van der Waals surface area contributed by atoms with Gasteiger partial charge in [0, 0.05) is 44.4 Å². The third-order valence-electron chi connectivity index (χ3n) is 6.05. The van der Waals surface area contributed by atoms with Crippen LogP contribution in [0.2, 0.25) is 0 Å². The van der Waals surface area contributed by atoms with Crippen molar-refractivity contribution in [2.75, 3.05) is 19.6 Å². The van der Waals surface area contributed by atoms with E-state index >= 15 is 0 Å². The molecule has 3 aliphatic rings. The smallest absolute Gasteiger partial charge is 0.340 e. The van der Waals surface area contributed by atoms with E-state index in [1.54, 1.807) is 0 Å². The highest BCUT2D eigenvalue weighted by Gasteiger charge is 2.44. The minimum absolute atomic E-state index is 0.0338. The Bertz CT molecular complexity index is 786. The lowest BCUT2D eigenvalue weighted by atomic mass is 9.77. The Balaban J connectivity index is 1.81. The number of nitrogens with two attached hydrogens (primary N) is 1. The maximum absolute atomic E-state index is 13.1. The number of fused-ring (bicyclic) bond motifs is 1. The highest BCUT2D eigenvalue weighted by molar-refractivity contribution is 6.18. The summed E-state index contributed by atoms with van der Waals surface area (Å²) >= 11 is 0. The Morgan fingerprint density at radius 3 is 2.63 bits per heavy atom. The number of piperidine rings is 2. The molecule has 0 bridgehead atoms. The third kappa shape index (κ3) is 4.56. The fourth-order valence-electron chi connectivity index (χ4n) is 4.46. The molecule has 30 heavy (non-hydrogen) atoms. The van der Waals surface area contributed by atoms with Gasteiger partial charge in [0.05, 0.1) is 24.8 Å². The minimum atomic E-state index is -1.30. The first-order valence-electron chi connectivity index (χ1n) is 10.2. The van der Waals surface area contributed by atoms with Crippen LogP contribution in [0.15, 0.2) is 36.0 Å². The van der Waals surface area contributed by atoms with E-state index in [2.05, 4.69) is 4.90 Å². The average Bonchev–Trinajstić information content (AvgIpc) is 2.72. The number of rotatable bonds is 5. The van der Waals surface area contributed by atoms with E-state index in [1.807, 2.05) is 18.0 Å². The molecule has 0 aromatic carbocycles. The van der Waals surface area contributed by atoms with E-state index in [0.29, 0.717) is 32.3 Å². The second kappa shape index (κ2) is 9.42. The molecule has 2 fully saturated rings. The number of hydrogen-bond donors (Lipinski definition) is 2. The molecule has 0 aromatic heterocycles. The van der Waals surface area contributed by atoms with Crippen molar-refractivity contribution in [1.82, 2.24) is 9.80 Å². The fourth-order valence-corrected chi connectivity index (χ4v) is 4.46. The van der Waals surface area contributed by atoms with Gasteiger partial charge in [-0.05, 0) is 31.4 Å². The van der Waals surface area contributed by atoms with Crippen molar-refractivity contribution in [1.29, 1.82) is 0 Å². The Morgan fingerprint density at radius 1 is 1.33 bits per heavy atom. The van der Waals surface area contributed by atoms with Crippen LogP contribution in [-0.2, 0) is 19.1 Å². The standard InChI is InChI=1S/C21H28FN3O5/c1-13-2-3-14(11-24-8-5-15(6-9-24)30-18(26)10-23)19-16(4-7-22)20(27)17(21(28)29)12-25(13)19/h4,7,11-13,15-16,19H,2-3,5-6,8-10,23H2,1H3,(H,28,29)/b7-4+,14-11+/t13-,16?,19?/m0/s1. The van der Waals surface area contributed by atoms with Crippen LogP contribution in [0, 0.1) is 5.92 Å². The van der Waals surface area contributed by atoms with Gasteiger partial charge in [0.15, 0.2) is 5.78 Å². The van der Waals surface area contributed by atoms with Gasteiger partial charge in [-0.15, -0.1) is 0 Å². The van der Waals surface area contributed by atoms with Gasteiger partial charge in [0.25, 0.3) is 0 Å². The van der Waals surface area contributed by atoms with Gasteiger partial charge in [-0.1, -0.05) is 0 Å². The van der Waals surface area contributed by atoms with Gasteiger partial charge >= 0.3 is 11.9 Å². The number of halogens is 1. The number of likely N-dealkylation sites (tertiary alicyclic amines) is 1. The van der Waals surface area contributed by atoms with Gasteiger partial charge in [-0.3, -0.25) is 9.59 Å². The number of carbonyl (C=O) groups is 3. The summed E-state index contributed by atoms with van der Waals surface area (Å²) in [4.78, 5) is 39.6.